The van der Waals surface area contributed by atoms with Crippen LogP contribution in [-0.4, -0.2) is 42.5 Å². The van der Waals surface area contributed by atoms with Gasteiger partial charge in [-0.25, -0.2) is 0 Å². The number of hydrogen-bond donors (Lipinski definition) is 1. The molecule has 0 radical (unpaired) electrons. The summed E-state index contributed by atoms with van der Waals surface area (Å²) in [6.07, 6.45) is 0. The van der Waals surface area contributed by atoms with Gasteiger partial charge >= 0.3 is 11.7 Å². The average molecular weight is 241 g/mol. The van der Waals surface area contributed by atoms with Gasteiger partial charge in [0, 0.05) is 13.7 Å². The van der Waals surface area contributed by atoms with Crippen LogP contribution in [0.5, 0.6) is 6.01 Å². The lowest BCUT2D eigenvalue weighted by atomic mass is 10.5. The highest BCUT2D eigenvalue weighted by Gasteiger charge is 2.19. The van der Waals surface area contributed by atoms with E-state index in [1.807, 2.05) is 0 Å². The van der Waals surface area contributed by atoms with Crippen LogP contribution in [0.1, 0.15) is 0 Å². The molecule has 2 aromatic heterocycles. The summed E-state index contributed by atoms with van der Waals surface area (Å²) in [5, 5.41) is 17.7. The van der Waals surface area contributed by atoms with Crippen molar-refractivity contribution < 1.29 is 19.0 Å². The molecule has 2 rings (SSSR count). The third kappa shape index (κ3) is 2.18. The summed E-state index contributed by atoms with van der Waals surface area (Å²) in [6, 6.07) is 0.103. The normalized spacial score (nSPS) is 10.7. The first-order valence-corrected chi connectivity index (χ1v) is 4.80. The lowest BCUT2D eigenvalue weighted by Crippen LogP contribution is -2.25. The molecule has 9 heteroatoms. The van der Waals surface area contributed by atoms with Crippen LogP contribution in [0.25, 0.3) is 11.2 Å². The third-order valence-electron chi connectivity index (χ3n) is 2.01. The number of aromatic nitrogens is 4. The van der Waals surface area contributed by atoms with Crippen molar-refractivity contribution in [3.8, 4) is 6.01 Å². The van der Waals surface area contributed by atoms with Gasteiger partial charge in [-0.15, -0.1) is 4.98 Å². The maximum Gasteiger partial charge on any atom is 0.349 e. The topological polar surface area (TPSA) is 109 Å². The van der Waals surface area contributed by atoms with Crippen molar-refractivity contribution in [1.29, 1.82) is 0 Å². The van der Waals surface area contributed by atoms with Gasteiger partial charge in [0.2, 0.25) is 0 Å². The van der Waals surface area contributed by atoms with Crippen molar-refractivity contribution in [3.05, 3.63) is 5.21 Å². The Hall–Kier alpha value is -2.16. The smallest absolute Gasteiger partial charge is 0.349 e. The highest BCUT2D eigenvalue weighted by molar-refractivity contribution is 5.78. The van der Waals surface area contributed by atoms with E-state index in [1.54, 1.807) is 7.11 Å². The molecular weight excluding hydrogens is 230 g/mol. The molecule has 17 heavy (non-hydrogen) atoms. The maximum atomic E-state index is 11.3. The van der Waals surface area contributed by atoms with Crippen molar-refractivity contribution in [2.45, 2.75) is 0 Å². The molecule has 1 N–H and O–H groups in total. The Balaban J connectivity index is 2.38. The number of anilines is 1. The van der Waals surface area contributed by atoms with Crippen molar-refractivity contribution in [2.24, 2.45) is 0 Å². The average Bonchev–Trinajstić information content (AvgIpc) is 2.71. The number of methoxy groups -OCH3 is 2. The molecule has 2 heterocycles. The van der Waals surface area contributed by atoms with Crippen LogP contribution in [0, 0.1) is 5.21 Å². The Bertz CT molecular complexity index is 514. The molecule has 0 aliphatic rings. The molecule has 0 fully saturated rings. The van der Waals surface area contributed by atoms with E-state index in [4.69, 9.17) is 9.47 Å². The standard InChI is InChI=1S/C8H11N5O4/c1-15-4-3-9-6-5-7(12-17-13(5)14)11-8(10-6)16-2/h3-4H2,1-2H3,(H,9,10,11,12). The van der Waals surface area contributed by atoms with E-state index in [-0.39, 0.29) is 22.1 Å². The number of ether oxygens (including phenoxy) is 2. The zero-order chi connectivity index (χ0) is 12.3. The van der Waals surface area contributed by atoms with Gasteiger partial charge in [0.05, 0.1) is 18.9 Å². The van der Waals surface area contributed by atoms with Crippen LogP contribution < -0.4 is 15.0 Å². The molecule has 0 atom stereocenters. The second kappa shape index (κ2) is 4.78. The van der Waals surface area contributed by atoms with Crippen molar-refractivity contribution in [3.63, 3.8) is 0 Å². The Kier molecular flexibility index (Phi) is 3.19. The van der Waals surface area contributed by atoms with E-state index in [0.29, 0.717) is 19.0 Å². The Morgan fingerprint density at radius 3 is 2.94 bits per heavy atom. The molecule has 9 nitrogen and oxygen atoms in total. The van der Waals surface area contributed by atoms with Gasteiger partial charge in [0.15, 0.2) is 5.82 Å². The highest BCUT2D eigenvalue weighted by Crippen LogP contribution is 2.17. The molecule has 0 aliphatic carbocycles. The van der Waals surface area contributed by atoms with E-state index in [1.165, 1.54) is 7.11 Å². The van der Waals surface area contributed by atoms with E-state index in [0.717, 1.165) is 0 Å². The molecule has 0 aromatic carbocycles. The fourth-order valence-corrected chi connectivity index (χ4v) is 1.26. The number of fused-ring (bicyclic) bond motifs is 1. The predicted octanol–water partition coefficient (Wildman–Crippen LogP) is -0.682. The molecule has 0 spiro atoms. The molecule has 0 saturated heterocycles. The van der Waals surface area contributed by atoms with Gasteiger partial charge < -0.3 is 20.0 Å². The van der Waals surface area contributed by atoms with Gasteiger partial charge in [-0.05, 0) is 4.90 Å². The van der Waals surface area contributed by atoms with Gasteiger partial charge in [-0.3, -0.25) is 4.63 Å². The molecule has 92 valence electrons. The van der Waals surface area contributed by atoms with E-state index >= 15 is 0 Å². The minimum absolute atomic E-state index is 0.103. The Morgan fingerprint density at radius 1 is 1.41 bits per heavy atom. The predicted molar refractivity (Wildman–Crippen MR) is 55.5 cm³/mol. The SMILES string of the molecule is COCCNc1nc(OC)nc2no[n+]([O-])c12. The van der Waals surface area contributed by atoms with Gasteiger partial charge in [-0.2, -0.15) is 4.98 Å². The summed E-state index contributed by atoms with van der Waals surface area (Å²) in [5.41, 5.74) is 0.258. The van der Waals surface area contributed by atoms with E-state index in [2.05, 4.69) is 25.1 Å². The lowest BCUT2D eigenvalue weighted by molar-refractivity contribution is -0.782. The van der Waals surface area contributed by atoms with Crippen LogP contribution in [-0.2, 0) is 4.74 Å². The molecule has 0 bridgehead atoms. The fourth-order valence-electron chi connectivity index (χ4n) is 1.26. The van der Waals surface area contributed by atoms with Gasteiger partial charge in [0.1, 0.15) is 0 Å². The van der Waals surface area contributed by atoms with Crippen molar-refractivity contribution >= 4 is 17.0 Å². The monoisotopic (exact) mass is 241 g/mol. The first kappa shape index (κ1) is 11.3. The van der Waals surface area contributed by atoms with Crippen molar-refractivity contribution in [2.75, 3.05) is 32.7 Å². The van der Waals surface area contributed by atoms with Crippen LogP contribution in [0.2, 0.25) is 0 Å². The van der Waals surface area contributed by atoms with Crippen molar-refractivity contribution in [1.82, 2.24) is 15.1 Å². The third-order valence-corrected chi connectivity index (χ3v) is 2.01. The quantitative estimate of drug-likeness (QED) is 0.541. The summed E-state index contributed by atoms with van der Waals surface area (Å²) >= 11 is 0. The van der Waals surface area contributed by atoms with Gasteiger partial charge in [-0.1, -0.05) is 0 Å². The fraction of sp³-hybridized carbons (Fsp3) is 0.500. The summed E-state index contributed by atoms with van der Waals surface area (Å²) < 4.78 is 14.2. The van der Waals surface area contributed by atoms with E-state index < -0.39 is 0 Å². The summed E-state index contributed by atoms with van der Waals surface area (Å²) in [4.78, 5) is 8.12. The molecule has 0 amide bonds. The minimum atomic E-state index is 0.103. The highest BCUT2D eigenvalue weighted by atomic mass is 16.8. The number of nitrogens with one attached hydrogen (secondary N) is 1. The molecule has 2 aromatic rings. The zero-order valence-corrected chi connectivity index (χ0v) is 9.34. The van der Waals surface area contributed by atoms with Crippen LogP contribution in [0.15, 0.2) is 4.63 Å². The van der Waals surface area contributed by atoms with Gasteiger partial charge in [0.25, 0.3) is 5.52 Å². The summed E-state index contributed by atoms with van der Waals surface area (Å²) in [5.74, 6) is 0.292. The molecular formula is C8H11N5O4. The second-order valence-corrected chi connectivity index (χ2v) is 3.08. The first-order chi connectivity index (χ1) is 8.26. The largest absolute Gasteiger partial charge is 0.467 e. The van der Waals surface area contributed by atoms with Crippen LogP contribution in [0.3, 0.4) is 0 Å². The summed E-state index contributed by atoms with van der Waals surface area (Å²) in [6.45, 7) is 0.953. The number of hydrogen-bond acceptors (Lipinski definition) is 8. The molecule has 0 unspecified atom stereocenters. The van der Waals surface area contributed by atoms with Crippen LogP contribution >= 0.6 is 0 Å². The van der Waals surface area contributed by atoms with E-state index in [9.17, 15) is 5.21 Å². The first-order valence-electron chi connectivity index (χ1n) is 4.80. The Labute approximate surface area is 95.9 Å². The minimum Gasteiger partial charge on any atom is -0.467 e. The number of rotatable bonds is 5. The maximum absolute atomic E-state index is 11.3. The lowest BCUT2D eigenvalue weighted by Gasteiger charge is -2.04. The number of nitrogens with zero attached hydrogens (tertiary/aromatic N) is 4. The summed E-state index contributed by atoms with van der Waals surface area (Å²) in [7, 11) is 3.00. The second-order valence-electron chi connectivity index (χ2n) is 3.08. The molecule has 0 aliphatic heterocycles. The Morgan fingerprint density at radius 2 is 2.24 bits per heavy atom. The zero-order valence-electron chi connectivity index (χ0n) is 9.34. The van der Waals surface area contributed by atoms with Crippen LogP contribution in [0.4, 0.5) is 5.82 Å². The molecule has 0 saturated carbocycles.